The number of hydrogen-bond acceptors (Lipinski definition) is 6. The van der Waals surface area contributed by atoms with E-state index in [4.69, 9.17) is 10.2 Å². The molecule has 0 saturated carbocycles. The summed E-state index contributed by atoms with van der Waals surface area (Å²) in [5, 5.41) is 11.4. The normalized spacial score (nSPS) is 11.3. The largest absolute Gasteiger partial charge is 0.459 e. The molecule has 4 aromatic rings. The standard InChI is InChI=1S/C14H12N6O/c1-7-9-3-2-8(6-11(9)20-19-7)16-14-17-10-4-5-21-12(10)13(15)18-14/h2-6H,1H3,(H,19,20)(H3,15,16,17,18). The Morgan fingerprint density at radius 1 is 1.19 bits per heavy atom. The molecule has 0 spiro atoms. The van der Waals surface area contributed by atoms with Crippen molar-refractivity contribution in [1.29, 1.82) is 0 Å². The number of nitrogens with one attached hydrogen (secondary N) is 2. The molecule has 0 atom stereocenters. The minimum atomic E-state index is 0.309. The number of rotatable bonds is 2. The van der Waals surface area contributed by atoms with Gasteiger partial charge in [-0.3, -0.25) is 5.10 Å². The van der Waals surface area contributed by atoms with E-state index in [2.05, 4.69) is 25.5 Å². The van der Waals surface area contributed by atoms with Crippen LogP contribution in [0.2, 0.25) is 0 Å². The second kappa shape index (κ2) is 4.20. The van der Waals surface area contributed by atoms with Gasteiger partial charge in [-0.15, -0.1) is 0 Å². The summed E-state index contributed by atoms with van der Waals surface area (Å²) in [5.41, 5.74) is 9.78. The van der Waals surface area contributed by atoms with Crippen molar-refractivity contribution in [2.75, 3.05) is 11.1 Å². The average Bonchev–Trinajstić information content (AvgIpc) is 3.06. The second-order valence-corrected chi connectivity index (χ2v) is 4.77. The van der Waals surface area contributed by atoms with Crippen LogP contribution in [0.1, 0.15) is 5.69 Å². The average molecular weight is 280 g/mol. The molecule has 0 saturated heterocycles. The molecule has 0 amide bonds. The summed E-state index contributed by atoms with van der Waals surface area (Å²) < 4.78 is 5.22. The highest BCUT2D eigenvalue weighted by Gasteiger charge is 2.09. The maximum Gasteiger partial charge on any atom is 0.229 e. The van der Waals surface area contributed by atoms with Crippen molar-refractivity contribution in [3.8, 4) is 0 Å². The van der Waals surface area contributed by atoms with Gasteiger partial charge >= 0.3 is 0 Å². The number of nitrogen functional groups attached to an aromatic ring is 1. The number of furan rings is 1. The Hall–Kier alpha value is -3.09. The van der Waals surface area contributed by atoms with Crippen molar-refractivity contribution >= 4 is 39.5 Å². The molecule has 7 nitrogen and oxygen atoms in total. The zero-order valence-corrected chi connectivity index (χ0v) is 11.2. The molecule has 0 fully saturated rings. The van der Waals surface area contributed by atoms with Crippen LogP contribution in [0, 0.1) is 6.92 Å². The van der Waals surface area contributed by atoms with E-state index in [0.29, 0.717) is 22.9 Å². The molecule has 21 heavy (non-hydrogen) atoms. The summed E-state index contributed by atoms with van der Waals surface area (Å²) in [6.07, 6.45) is 1.54. The molecule has 0 aliphatic rings. The summed E-state index contributed by atoms with van der Waals surface area (Å²) in [5.74, 6) is 0.734. The number of H-pyrrole nitrogens is 1. The van der Waals surface area contributed by atoms with Crippen molar-refractivity contribution in [2.45, 2.75) is 6.92 Å². The molecule has 0 aliphatic carbocycles. The van der Waals surface area contributed by atoms with Crippen molar-refractivity contribution in [3.05, 3.63) is 36.2 Å². The second-order valence-electron chi connectivity index (χ2n) is 4.77. The van der Waals surface area contributed by atoms with E-state index in [0.717, 1.165) is 22.3 Å². The van der Waals surface area contributed by atoms with E-state index in [-0.39, 0.29) is 0 Å². The van der Waals surface area contributed by atoms with Crippen LogP contribution in [0.5, 0.6) is 0 Å². The molecule has 0 bridgehead atoms. The number of aromatic nitrogens is 4. The Balaban J connectivity index is 1.74. The minimum absolute atomic E-state index is 0.309. The summed E-state index contributed by atoms with van der Waals surface area (Å²) in [6.45, 7) is 1.99. The van der Waals surface area contributed by atoms with Gasteiger partial charge in [0.15, 0.2) is 11.4 Å². The lowest BCUT2D eigenvalue weighted by molar-refractivity contribution is 0.615. The van der Waals surface area contributed by atoms with Crippen LogP contribution in [-0.4, -0.2) is 20.2 Å². The highest BCUT2D eigenvalue weighted by molar-refractivity contribution is 5.86. The van der Waals surface area contributed by atoms with Gasteiger partial charge in [0.1, 0.15) is 5.52 Å². The molecular weight excluding hydrogens is 268 g/mol. The zero-order valence-electron chi connectivity index (χ0n) is 11.2. The first-order valence-corrected chi connectivity index (χ1v) is 6.43. The van der Waals surface area contributed by atoms with E-state index in [1.807, 2.05) is 25.1 Å². The van der Waals surface area contributed by atoms with Crippen LogP contribution in [0.3, 0.4) is 0 Å². The molecule has 0 aliphatic heterocycles. The lowest BCUT2D eigenvalue weighted by Crippen LogP contribution is -2.00. The van der Waals surface area contributed by atoms with E-state index in [1.54, 1.807) is 6.07 Å². The number of fused-ring (bicyclic) bond motifs is 2. The first-order chi connectivity index (χ1) is 10.2. The van der Waals surface area contributed by atoms with Gasteiger partial charge in [-0.2, -0.15) is 10.1 Å². The highest BCUT2D eigenvalue weighted by Crippen LogP contribution is 2.24. The fourth-order valence-corrected chi connectivity index (χ4v) is 2.29. The summed E-state index contributed by atoms with van der Waals surface area (Å²) >= 11 is 0. The number of aromatic amines is 1. The van der Waals surface area contributed by atoms with E-state index >= 15 is 0 Å². The van der Waals surface area contributed by atoms with E-state index < -0.39 is 0 Å². The maximum atomic E-state index is 5.85. The summed E-state index contributed by atoms with van der Waals surface area (Å²) in [7, 11) is 0. The smallest absolute Gasteiger partial charge is 0.229 e. The number of aryl methyl sites for hydroxylation is 1. The number of nitrogens with zero attached hydrogens (tertiary/aromatic N) is 3. The Kier molecular flexibility index (Phi) is 2.34. The predicted octanol–water partition coefficient (Wildman–Crippen LogP) is 2.73. The van der Waals surface area contributed by atoms with Crippen LogP contribution < -0.4 is 11.1 Å². The van der Waals surface area contributed by atoms with Gasteiger partial charge in [0, 0.05) is 22.8 Å². The number of benzene rings is 1. The Bertz CT molecular complexity index is 955. The predicted molar refractivity (Wildman–Crippen MR) is 80.3 cm³/mol. The molecule has 7 heteroatoms. The quantitative estimate of drug-likeness (QED) is 0.521. The fourth-order valence-electron chi connectivity index (χ4n) is 2.29. The third-order valence-corrected chi connectivity index (χ3v) is 3.33. The first-order valence-electron chi connectivity index (χ1n) is 6.43. The third kappa shape index (κ3) is 1.86. The number of hydrogen-bond donors (Lipinski definition) is 3. The topological polar surface area (TPSA) is 106 Å². The Morgan fingerprint density at radius 2 is 2.10 bits per heavy atom. The SMILES string of the molecule is Cc1[nH]nc2cc(Nc3nc(N)c4occc4n3)ccc12. The van der Waals surface area contributed by atoms with Crippen LogP contribution in [0.25, 0.3) is 22.0 Å². The van der Waals surface area contributed by atoms with Crippen LogP contribution >= 0.6 is 0 Å². The Morgan fingerprint density at radius 3 is 3.00 bits per heavy atom. The van der Waals surface area contributed by atoms with Crippen LogP contribution in [0.4, 0.5) is 17.5 Å². The first kappa shape index (κ1) is 11.7. The number of nitrogens with two attached hydrogens (primary N) is 1. The van der Waals surface area contributed by atoms with E-state index in [9.17, 15) is 0 Å². The monoisotopic (exact) mass is 280 g/mol. The van der Waals surface area contributed by atoms with Gasteiger partial charge in [0.05, 0.1) is 11.8 Å². The summed E-state index contributed by atoms with van der Waals surface area (Å²) in [4.78, 5) is 8.54. The summed E-state index contributed by atoms with van der Waals surface area (Å²) in [6, 6.07) is 7.62. The van der Waals surface area contributed by atoms with E-state index in [1.165, 1.54) is 6.26 Å². The molecule has 3 aromatic heterocycles. The lowest BCUT2D eigenvalue weighted by Gasteiger charge is -2.05. The molecule has 4 rings (SSSR count). The zero-order chi connectivity index (χ0) is 14.4. The molecule has 0 radical (unpaired) electrons. The molecule has 0 unspecified atom stereocenters. The third-order valence-electron chi connectivity index (χ3n) is 3.33. The molecular formula is C14H12N6O. The molecule has 1 aromatic carbocycles. The van der Waals surface area contributed by atoms with Gasteiger partial charge in [-0.05, 0) is 25.1 Å². The van der Waals surface area contributed by atoms with Crippen molar-refractivity contribution in [1.82, 2.24) is 20.2 Å². The molecule has 4 N–H and O–H groups in total. The van der Waals surface area contributed by atoms with Crippen molar-refractivity contribution in [3.63, 3.8) is 0 Å². The van der Waals surface area contributed by atoms with Gasteiger partial charge in [-0.25, -0.2) is 4.98 Å². The lowest BCUT2D eigenvalue weighted by atomic mass is 10.2. The highest BCUT2D eigenvalue weighted by atomic mass is 16.3. The van der Waals surface area contributed by atoms with Crippen molar-refractivity contribution < 1.29 is 4.42 Å². The molecule has 104 valence electrons. The van der Waals surface area contributed by atoms with Crippen LogP contribution in [0.15, 0.2) is 34.9 Å². The van der Waals surface area contributed by atoms with Gasteiger partial charge in [-0.1, -0.05) is 0 Å². The van der Waals surface area contributed by atoms with Gasteiger partial charge < -0.3 is 15.5 Å². The van der Waals surface area contributed by atoms with Crippen LogP contribution in [-0.2, 0) is 0 Å². The fraction of sp³-hybridized carbons (Fsp3) is 0.0714. The van der Waals surface area contributed by atoms with Gasteiger partial charge in [0.25, 0.3) is 0 Å². The molecule has 3 heterocycles. The van der Waals surface area contributed by atoms with Gasteiger partial charge in [0.2, 0.25) is 5.95 Å². The maximum absolute atomic E-state index is 5.85. The Labute approximate surface area is 119 Å². The van der Waals surface area contributed by atoms with Crippen molar-refractivity contribution in [2.24, 2.45) is 0 Å². The number of anilines is 3. The minimum Gasteiger partial charge on any atom is -0.459 e.